The van der Waals surface area contributed by atoms with Gasteiger partial charge in [0.25, 0.3) is 0 Å². The summed E-state index contributed by atoms with van der Waals surface area (Å²) in [5, 5.41) is 11.3. The standard InChI is InChI=1S/C27H47O3/c1-10-18(3)12-21-19-13-26(24(6,7)29)14-20(21)16-27(15-19,17-26)25(8,9)30-22(28)23(4,5)11-2/h19-21,29H,10-17H2,1-9H3/q-1. The Morgan fingerprint density at radius 1 is 1.00 bits per heavy atom. The van der Waals surface area contributed by atoms with E-state index in [0.717, 1.165) is 50.9 Å². The van der Waals surface area contributed by atoms with Crippen molar-refractivity contribution in [2.45, 2.75) is 125 Å². The Bertz CT molecular complexity index is 638. The molecule has 3 nitrogen and oxygen atoms in total. The third-order valence-corrected chi connectivity index (χ3v) is 10.0. The summed E-state index contributed by atoms with van der Waals surface area (Å²) in [4.78, 5) is 13.1. The van der Waals surface area contributed by atoms with E-state index in [2.05, 4.69) is 34.6 Å². The van der Waals surface area contributed by atoms with Gasteiger partial charge in [-0.3, -0.25) is 4.79 Å². The predicted octanol–water partition coefficient (Wildman–Crippen LogP) is 6.72. The number of hydrogen-bond donors (Lipinski definition) is 1. The number of rotatable bonds is 8. The summed E-state index contributed by atoms with van der Waals surface area (Å²) in [5.41, 5.74) is -1.76. The molecule has 0 aromatic carbocycles. The molecular formula is C27H47O3-. The first-order valence-corrected chi connectivity index (χ1v) is 12.4. The fourth-order valence-electron chi connectivity index (χ4n) is 7.17. The molecule has 0 saturated heterocycles. The third kappa shape index (κ3) is 3.76. The summed E-state index contributed by atoms with van der Waals surface area (Å²) in [6, 6.07) is 0. The van der Waals surface area contributed by atoms with Crippen LogP contribution in [0.1, 0.15) is 114 Å². The van der Waals surface area contributed by atoms with Gasteiger partial charge in [0.15, 0.2) is 0 Å². The quantitative estimate of drug-likeness (QED) is 0.351. The molecule has 4 rings (SSSR count). The molecule has 0 heterocycles. The van der Waals surface area contributed by atoms with Crippen LogP contribution >= 0.6 is 0 Å². The second-order valence-electron chi connectivity index (χ2n) is 12.9. The van der Waals surface area contributed by atoms with Crippen LogP contribution in [0.2, 0.25) is 0 Å². The van der Waals surface area contributed by atoms with Gasteiger partial charge in [0.1, 0.15) is 5.60 Å². The molecule has 4 saturated carbocycles. The zero-order chi connectivity index (χ0) is 22.8. The van der Waals surface area contributed by atoms with Crippen molar-refractivity contribution in [2.75, 3.05) is 0 Å². The minimum absolute atomic E-state index is 0.0328. The highest BCUT2D eigenvalue weighted by atomic mass is 16.6. The van der Waals surface area contributed by atoms with Crippen LogP contribution in [0.5, 0.6) is 0 Å². The normalized spacial score (nSPS) is 36.4. The van der Waals surface area contributed by atoms with Crippen LogP contribution in [0.4, 0.5) is 0 Å². The lowest BCUT2D eigenvalue weighted by molar-refractivity contribution is -0.261. The predicted molar refractivity (Wildman–Crippen MR) is 123 cm³/mol. The maximum Gasteiger partial charge on any atom is 0.312 e. The van der Waals surface area contributed by atoms with Gasteiger partial charge in [0, 0.05) is 5.41 Å². The van der Waals surface area contributed by atoms with Gasteiger partial charge in [-0.2, -0.15) is 19.8 Å². The molecule has 0 radical (unpaired) electrons. The molecule has 0 amide bonds. The van der Waals surface area contributed by atoms with Gasteiger partial charge in [-0.05, 0) is 97.3 Å². The van der Waals surface area contributed by atoms with Crippen molar-refractivity contribution in [2.24, 2.45) is 34.0 Å². The van der Waals surface area contributed by atoms with Crippen LogP contribution in [0.15, 0.2) is 0 Å². The lowest BCUT2D eigenvalue weighted by atomic mass is 9.36. The highest BCUT2D eigenvalue weighted by Crippen LogP contribution is 2.73. The Labute approximate surface area is 185 Å². The number of ether oxygens (including phenoxy) is 1. The molecular weight excluding hydrogens is 372 g/mol. The van der Waals surface area contributed by atoms with Crippen LogP contribution in [0, 0.1) is 39.9 Å². The van der Waals surface area contributed by atoms with Gasteiger partial charge in [-0.25, -0.2) is 0 Å². The van der Waals surface area contributed by atoms with E-state index in [1.807, 2.05) is 27.7 Å². The Hall–Kier alpha value is -0.570. The molecule has 1 N–H and O–H groups in total. The molecule has 4 aliphatic rings. The zero-order valence-corrected chi connectivity index (χ0v) is 21.2. The monoisotopic (exact) mass is 419 g/mol. The van der Waals surface area contributed by atoms with Gasteiger partial charge in [-0.15, -0.1) is 0 Å². The van der Waals surface area contributed by atoms with Crippen molar-refractivity contribution in [3.8, 4) is 0 Å². The van der Waals surface area contributed by atoms with E-state index in [1.54, 1.807) is 5.92 Å². The molecule has 0 aromatic heterocycles. The molecule has 0 aromatic rings. The third-order valence-electron chi connectivity index (χ3n) is 10.0. The first-order valence-electron chi connectivity index (χ1n) is 12.4. The molecule has 4 aliphatic carbocycles. The van der Waals surface area contributed by atoms with Crippen molar-refractivity contribution >= 4 is 5.97 Å². The van der Waals surface area contributed by atoms with Crippen LogP contribution in [0.25, 0.3) is 0 Å². The van der Waals surface area contributed by atoms with Crippen LogP contribution < -0.4 is 0 Å². The minimum Gasteiger partial charge on any atom is -0.459 e. The van der Waals surface area contributed by atoms with Crippen LogP contribution in [-0.4, -0.2) is 22.3 Å². The van der Waals surface area contributed by atoms with Gasteiger partial charge < -0.3 is 15.8 Å². The number of carbonyl (C=O) groups is 1. The number of aliphatic hydroxyl groups is 1. The first-order chi connectivity index (χ1) is 13.6. The van der Waals surface area contributed by atoms with E-state index in [-0.39, 0.29) is 16.8 Å². The smallest absolute Gasteiger partial charge is 0.312 e. The fourth-order valence-corrected chi connectivity index (χ4v) is 7.17. The number of hydrogen-bond acceptors (Lipinski definition) is 3. The number of esters is 1. The summed E-state index contributed by atoms with van der Waals surface area (Å²) in [6.45, 7) is 19.0. The van der Waals surface area contributed by atoms with Crippen molar-refractivity contribution in [3.05, 3.63) is 5.92 Å². The second-order valence-corrected chi connectivity index (χ2v) is 12.9. The van der Waals surface area contributed by atoms with Gasteiger partial charge in [0.2, 0.25) is 0 Å². The fraction of sp³-hybridized carbons (Fsp3) is 0.926. The van der Waals surface area contributed by atoms with E-state index in [0.29, 0.717) is 11.8 Å². The van der Waals surface area contributed by atoms with Crippen LogP contribution in [0.3, 0.4) is 0 Å². The zero-order valence-electron chi connectivity index (χ0n) is 21.2. The van der Waals surface area contributed by atoms with Crippen molar-refractivity contribution in [1.82, 2.24) is 0 Å². The highest BCUT2D eigenvalue weighted by Gasteiger charge is 2.68. The summed E-state index contributed by atoms with van der Waals surface area (Å²) in [5.74, 6) is 3.50. The first kappa shape index (κ1) is 24.1. The Morgan fingerprint density at radius 2 is 1.50 bits per heavy atom. The molecule has 0 spiro atoms. The van der Waals surface area contributed by atoms with Crippen LogP contribution in [-0.2, 0) is 9.53 Å². The summed E-state index contributed by atoms with van der Waals surface area (Å²) in [6.07, 6.45) is 8.67. The van der Waals surface area contributed by atoms with E-state index >= 15 is 0 Å². The maximum absolute atomic E-state index is 13.1. The van der Waals surface area contributed by atoms with E-state index in [4.69, 9.17) is 4.74 Å². The van der Waals surface area contributed by atoms with Crippen molar-refractivity contribution < 1.29 is 14.6 Å². The molecule has 3 heteroatoms. The average molecular weight is 420 g/mol. The SMILES string of the molecule is CC[C-](C)CC1C2CC3(C(C)(C)O)CC1CC(C(C)(C)OC(=O)C(C)(C)CC)(C2)C3. The average Bonchev–Trinajstić information content (AvgIpc) is 2.62. The topological polar surface area (TPSA) is 46.5 Å². The van der Waals surface area contributed by atoms with E-state index in [9.17, 15) is 9.90 Å². The van der Waals surface area contributed by atoms with E-state index in [1.165, 1.54) is 6.42 Å². The lowest BCUT2D eigenvalue weighted by Crippen LogP contribution is -2.67. The minimum atomic E-state index is -0.702. The molecule has 30 heavy (non-hydrogen) atoms. The molecule has 2 unspecified atom stereocenters. The van der Waals surface area contributed by atoms with E-state index < -0.39 is 16.6 Å². The van der Waals surface area contributed by atoms with Gasteiger partial charge in [-0.1, -0.05) is 19.8 Å². The largest absolute Gasteiger partial charge is 0.459 e. The van der Waals surface area contributed by atoms with Crippen molar-refractivity contribution in [1.29, 1.82) is 0 Å². The summed E-state index contributed by atoms with van der Waals surface area (Å²) in [7, 11) is 0. The van der Waals surface area contributed by atoms with Crippen molar-refractivity contribution in [3.63, 3.8) is 0 Å². The Kier molecular flexibility index (Phi) is 6.01. The Balaban J connectivity index is 1.95. The molecule has 4 bridgehead atoms. The highest BCUT2D eigenvalue weighted by molar-refractivity contribution is 5.76. The van der Waals surface area contributed by atoms with Gasteiger partial charge in [0.05, 0.1) is 11.0 Å². The molecule has 4 fully saturated rings. The molecule has 174 valence electrons. The summed E-state index contributed by atoms with van der Waals surface area (Å²) >= 11 is 0. The second kappa shape index (κ2) is 7.49. The summed E-state index contributed by atoms with van der Waals surface area (Å²) < 4.78 is 6.35. The maximum atomic E-state index is 13.1. The molecule has 2 atom stereocenters. The Morgan fingerprint density at radius 3 is 1.93 bits per heavy atom. The van der Waals surface area contributed by atoms with Gasteiger partial charge >= 0.3 is 5.97 Å². The number of carbonyl (C=O) groups excluding carboxylic acids is 1. The molecule has 0 aliphatic heterocycles. The lowest BCUT2D eigenvalue weighted by Gasteiger charge is -2.71.